The number of ether oxygens (including phenoxy) is 1. The van der Waals surface area contributed by atoms with Crippen molar-refractivity contribution in [2.75, 3.05) is 11.9 Å². The first-order chi connectivity index (χ1) is 9.61. The minimum Gasteiger partial charge on any atom is -0.494 e. The topological polar surface area (TPSA) is 34.1 Å². The maximum Gasteiger partial charge on any atom is 0.124 e. The fourth-order valence-corrected chi connectivity index (χ4v) is 2.31. The van der Waals surface area contributed by atoms with Crippen molar-refractivity contribution in [2.45, 2.75) is 26.8 Å². The van der Waals surface area contributed by atoms with Crippen molar-refractivity contribution in [3.63, 3.8) is 0 Å². The fraction of sp³-hybridized carbons (Fsp3) is 0.312. The molecule has 0 bridgehead atoms. The van der Waals surface area contributed by atoms with Crippen LogP contribution in [0.5, 0.6) is 5.75 Å². The van der Waals surface area contributed by atoms with Crippen LogP contribution >= 0.6 is 15.9 Å². The van der Waals surface area contributed by atoms with Crippen LogP contribution in [0.25, 0.3) is 0 Å². The summed E-state index contributed by atoms with van der Waals surface area (Å²) >= 11 is 3.41. The first kappa shape index (κ1) is 14.9. The maximum atomic E-state index is 5.68. The Kier molecular flexibility index (Phi) is 5.01. The second-order valence-electron chi connectivity index (χ2n) is 4.67. The summed E-state index contributed by atoms with van der Waals surface area (Å²) in [4.78, 5) is 4.31. The summed E-state index contributed by atoms with van der Waals surface area (Å²) in [6, 6.07) is 10.3. The average molecular weight is 335 g/mol. The van der Waals surface area contributed by atoms with Crippen LogP contribution in [0.1, 0.15) is 31.0 Å². The highest BCUT2D eigenvalue weighted by atomic mass is 79.9. The summed E-state index contributed by atoms with van der Waals surface area (Å²) in [6.07, 6.45) is 1.83. The molecule has 106 valence electrons. The lowest BCUT2D eigenvalue weighted by molar-refractivity contribution is 0.335. The molecule has 4 heteroatoms. The third-order valence-corrected chi connectivity index (χ3v) is 3.91. The molecule has 0 radical (unpaired) electrons. The fourth-order valence-electron chi connectivity index (χ4n) is 2.09. The van der Waals surface area contributed by atoms with E-state index in [1.807, 2.05) is 38.2 Å². The van der Waals surface area contributed by atoms with Crippen LogP contribution in [-0.2, 0) is 0 Å². The van der Waals surface area contributed by atoms with E-state index in [1.165, 1.54) is 0 Å². The standard InChI is InChI=1S/C16H19BrN2O/c1-4-20-15-8-6-5-7-14(15)12(3)19-13-9-11(2)16(17)18-10-13/h5-10,12,19H,4H2,1-3H3. The number of aromatic nitrogens is 1. The number of anilines is 1. The molecular formula is C16H19BrN2O. The Morgan fingerprint density at radius 2 is 2.10 bits per heavy atom. The minimum absolute atomic E-state index is 0.153. The molecule has 20 heavy (non-hydrogen) atoms. The highest BCUT2D eigenvalue weighted by Gasteiger charge is 2.11. The van der Waals surface area contributed by atoms with Crippen LogP contribution in [0.3, 0.4) is 0 Å². The van der Waals surface area contributed by atoms with Gasteiger partial charge in [-0.25, -0.2) is 4.98 Å². The highest BCUT2D eigenvalue weighted by Crippen LogP contribution is 2.28. The number of para-hydroxylation sites is 1. The summed E-state index contributed by atoms with van der Waals surface area (Å²) in [5.74, 6) is 0.928. The van der Waals surface area contributed by atoms with Gasteiger partial charge in [-0.1, -0.05) is 18.2 Å². The Hall–Kier alpha value is -1.55. The van der Waals surface area contributed by atoms with Crippen LogP contribution in [0.4, 0.5) is 5.69 Å². The monoisotopic (exact) mass is 334 g/mol. The molecule has 0 spiro atoms. The second kappa shape index (κ2) is 6.75. The van der Waals surface area contributed by atoms with Gasteiger partial charge in [-0.3, -0.25) is 0 Å². The highest BCUT2D eigenvalue weighted by molar-refractivity contribution is 9.10. The molecule has 2 rings (SSSR count). The van der Waals surface area contributed by atoms with Crippen LogP contribution in [0.15, 0.2) is 41.1 Å². The van der Waals surface area contributed by atoms with Gasteiger partial charge < -0.3 is 10.1 Å². The molecule has 1 unspecified atom stereocenters. The van der Waals surface area contributed by atoms with Gasteiger partial charge in [0.15, 0.2) is 0 Å². The van der Waals surface area contributed by atoms with Gasteiger partial charge in [-0.05, 0) is 54.4 Å². The molecular weight excluding hydrogens is 316 g/mol. The summed E-state index contributed by atoms with van der Waals surface area (Å²) < 4.78 is 6.56. The Morgan fingerprint density at radius 1 is 1.35 bits per heavy atom. The second-order valence-corrected chi connectivity index (χ2v) is 5.42. The van der Waals surface area contributed by atoms with Gasteiger partial charge in [0.25, 0.3) is 0 Å². The lowest BCUT2D eigenvalue weighted by Crippen LogP contribution is -2.09. The predicted octanol–water partition coefficient (Wildman–Crippen LogP) is 4.72. The van der Waals surface area contributed by atoms with Crippen molar-refractivity contribution in [3.05, 3.63) is 52.3 Å². The van der Waals surface area contributed by atoms with E-state index in [-0.39, 0.29) is 6.04 Å². The number of aryl methyl sites for hydroxylation is 1. The number of nitrogens with zero attached hydrogens (tertiary/aromatic N) is 1. The lowest BCUT2D eigenvalue weighted by Gasteiger charge is -2.19. The average Bonchev–Trinajstić information content (AvgIpc) is 2.44. The van der Waals surface area contributed by atoms with Crippen molar-refractivity contribution in [1.29, 1.82) is 0 Å². The summed E-state index contributed by atoms with van der Waals surface area (Å²) in [7, 11) is 0. The van der Waals surface area contributed by atoms with Gasteiger partial charge in [0.05, 0.1) is 24.5 Å². The van der Waals surface area contributed by atoms with Gasteiger partial charge in [0, 0.05) is 5.56 Å². The molecule has 1 aromatic carbocycles. The van der Waals surface area contributed by atoms with E-state index in [4.69, 9.17) is 4.74 Å². The molecule has 0 aliphatic heterocycles. The van der Waals surface area contributed by atoms with Crippen LogP contribution in [0.2, 0.25) is 0 Å². The van der Waals surface area contributed by atoms with Crippen LogP contribution in [0, 0.1) is 6.92 Å². The zero-order valence-corrected chi connectivity index (χ0v) is 13.6. The lowest BCUT2D eigenvalue weighted by atomic mass is 10.1. The van der Waals surface area contributed by atoms with Gasteiger partial charge in [-0.15, -0.1) is 0 Å². The Bertz CT molecular complexity index is 586. The Labute approximate surface area is 128 Å². The first-order valence-corrected chi connectivity index (χ1v) is 7.51. The SMILES string of the molecule is CCOc1ccccc1C(C)Nc1cnc(Br)c(C)c1. The normalized spacial score (nSPS) is 12.0. The van der Waals surface area contributed by atoms with E-state index < -0.39 is 0 Å². The van der Waals surface area contributed by atoms with E-state index in [9.17, 15) is 0 Å². The number of halogens is 1. The molecule has 0 amide bonds. The number of hydrogen-bond acceptors (Lipinski definition) is 3. The van der Waals surface area contributed by atoms with Crippen molar-refractivity contribution in [3.8, 4) is 5.75 Å². The third-order valence-electron chi connectivity index (χ3n) is 3.08. The largest absolute Gasteiger partial charge is 0.494 e. The van der Waals surface area contributed by atoms with E-state index >= 15 is 0 Å². The number of hydrogen-bond donors (Lipinski definition) is 1. The molecule has 0 saturated carbocycles. The number of benzene rings is 1. The number of pyridine rings is 1. The molecule has 1 aromatic heterocycles. The molecule has 0 aliphatic carbocycles. The molecule has 3 nitrogen and oxygen atoms in total. The molecule has 1 N–H and O–H groups in total. The molecule has 0 fully saturated rings. The molecule has 2 aromatic rings. The summed E-state index contributed by atoms with van der Waals surface area (Å²) in [6.45, 7) is 6.82. The van der Waals surface area contributed by atoms with Gasteiger partial charge in [-0.2, -0.15) is 0 Å². The molecule has 1 atom stereocenters. The zero-order valence-electron chi connectivity index (χ0n) is 12.0. The van der Waals surface area contributed by atoms with E-state index in [1.54, 1.807) is 0 Å². The molecule has 0 saturated heterocycles. The van der Waals surface area contributed by atoms with Gasteiger partial charge >= 0.3 is 0 Å². The quantitative estimate of drug-likeness (QED) is 0.803. The van der Waals surface area contributed by atoms with Crippen molar-refractivity contribution in [1.82, 2.24) is 4.98 Å². The van der Waals surface area contributed by atoms with Crippen molar-refractivity contribution in [2.24, 2.45) is 0 Å². The van der Waals surface area contributed by atoms with Gasteiger partial charge in [0.2, 0.25) is 0 Å². The zero-order chi connectivity index (χ0) is 14.5. The number of rotatable bonds is 5. The smallest absolute Gasteiger partial charge is 0.124 e. The van der Waals surface area contributed by atoms with E-state index in [0.717, 1.165) is 27.2 Å². The number of nitrogens with one attached hydrogen (secondary N) is 1. The van der Waals surface area contributed by atoms with E-state index in [0.29, 0.717) is 6.61 Å². The molecule has 1 heterocycles. The molecule has 0 aliphatic rings. The third kappa shape index (κ3) is 3.51. The summed E-state index contributed by atoms with van der Waals surface area (Å²) in [5, 5.41) is 3.46. The predicted molar refractivity (Wildman–Crippen MR) is 86.3 cm³/mol. The van der Waals surface area contributed by atoms with E-state index in [2.05, 4.69) is 45.3 Å². The van der Waals surface area contributed by atoms with Crippen molar-refractivity contribution >= 4 is 21.6 Å². The Balaban J connectivity index is 2.19. The van der Waals surface area contributed by atoms with Gasteiger partial charge in [0.1, 0.15) is 10.4 Å². The van der Waals surface area contributed by atoms with Crippen LogP contribution < -0.4 is 10.1 Å². The Morgan fingerprint density at radius 3 is 2.80 bits per heavy atom. The first-order valence-electron chi connectivity index (χ1n) is 6.72. The maximum absolute atomic E-state index is 5.68. The summed E-state index contributed by atoms with van der Waals surface area (Å²) in [5.41, 5.74) is 3.26. The van der Waals surface area contributed by atoms with Crippen molar-refractivity contribution < 1.29 is 4.74 Å². The van der Waals surface area contributed by atoms with Crippen LogP contribution in [-0.4, -0.2) is 11.6 Å². The minimum atomic E-state index is 0.153.